The molecular formula is C22H30N4O4. The number of carboxylic acids is 1. The number of benzene rings is 1. The molecule has 0 spiro atoms. The van der Waals surface area contributed by atoms with E-state index in [2.05, 4.69) is 47.8 Å². The Morgan fingerprint density at radius 2 is 1.63 bits per heavy atom. The van der Waals surface area contributed by atoms with Crippen LogP contribution in [0.1, 0.15) is 48.3 Å². The molecule has 0 aliphatic carbocycles. The fourth-order valence-corrected chi connectivity index (χ4v) is 3.75. The summed E-state index contributed by atoms with van der Waals surface area (Å²) in [6, 6.07) is 7.93. The van der Waals surface area contributed by atoms with Crippen LogP contribution in [0.15, 0.2) is 36.7 Å². The van der Waals surface area contributed by atoms with Crippen LogP contribution < -0.4 is 4.90 Å². The predicted molar refractivity (Wildman–Crippen MR) is 114 cm³/mol. The third-order valence-electron chi connectivity index (χ3n) is 5.55. The van der Waals surface area contributed by atoms with Gasteiger partial charge in [-0.2, -0.15) is 0 Å². The first-order valence-electron chi connectivity index (χ1n) is 10.1. The fraction of sp³-hybridized carbons (Fsp3) is 0.500. The Balaban J connectivity index is 1.72. The molecule has 30 heavy (non-hydrogen) atoms. The van der Waals surface area contributed by atoms with Gasteiger partial charge in [-0.25, -0.2) is 14.8 Å². The first-order chi connectivity index (χ1) is 14.2. The van der Waals surface area contributed by atoms with Crippen molar-refractivity contribution in [1.29, 1.82) is 0 Å². The number of piperazine rings is 1. The van der Waals surface area contributed by atoms with Gasteiger partial charge in [0, 0.05) is 38.6 Å². The van der Waals surface area contributed by atoms with Crippen LogP contribution in [0.25, 0.3) is 0 Å². The van der Waals surface area contributed by atoms with Crippen molar-refractivity contribution in [2.45, 2.75) is 38.3 Å². The zero-order valence-corrected chi connectivity index (χ0v) is 17.7. The number of nitrogens with zero attached hydrogens (tertiary/aromatic N) is 4. The smallest absolute Gasteiger partial charge is 0.338 e. The summed E-state index contributed by atoms with van der Waals surface area (Å²) in [6.45, 7) is 8.76. The molecule has 0 saturated carbocycles. The number of aromatic carboxylic acids is 1. The molecule has 0 bridgehead atoms. The molecule has 162 valence electrons. The normalized spacial score (nSPS) is 17.6. The second kappa shape index (κ2) is 9.07. The summed E-state index contributed by atoms with van der Waals surface area (Å²) in [4.78, 5) is 23.4. The first-order valence-corrected chi connectivity index (χ1v) is 10.1. The molecule has 8 heteroatoms. The van der Waals surface area contributed by atoms with E-state index in [9.17, 15) is 15.0 Å². The summed E-state index contributed by atoms with van der Waals surface area (Å²) >= 11 is 0. The molecule has 0 radical (unpaired) electrons. The van der Waals surface area contributed by atoms with E-state index >= 15 is 0 Å². The van der Waals surface area contributed by atoms with Gasteiger partial charge in [-0.15, -0.1) is 0 Å². The van der Waals surface area contributed by atoms with Crippen LogP contribution in [-0.2, 0) is 5.41 Å². The molecule has 3 N–H and O–H groups in total. The summed E-state index contributed by atoms with van der Waals surface area (Å²) in [7, 11) is 0. The van der Waals surface area contributed by atoms with Gasteiger partial charge in [0.25, 0.3) is 0 Å². The summed E-state index contributed by atoms with van der Waals surface area (Å²) in [5.41, 5.74) is 2.29. The van der Waals surface area contributed by atoms with E-state index in [1.54, 1.807) is 0 Å². The molecule has 1 saturated heterocycles. The summed E-state index contributed by atoms with van der Waals surface area (Å²) in [5.74, 6) is -0.557. The molecule has 1 fully saturated rings. The number of anilines is 1. The number of carboxylic acid groups (broad SMARTS) is 1. The molecule has 1 aromatic carbocycles. The number of carbonyl (C=O) groups is 1. The van der Waals surface area contributed by atoms with Crippen molar-refractivity contribution in [3.8, 4) is 0 Å². The average Bonchev–Trinajstić information content (AvgIpc) is 2.74. The Labute approximate surface area is 176 Å². The lowest BCUT2D eigenvalue weighted by atomic mass is 9.85. The largest absolute Gasteiger partial charge is 0.478 e. The average molecular weight is 415 g/mol. The SMILES string of the molecule is CC(C)(C)c1ccc([C@H]([C@H](O)CO)N2CCN(c3ncc(C(=O)O)cn3)CC2)cc1. The molecule has 2 atom stereocenters. The Bertz CT molecular complexity index is 841. The molecule has 3 rings (SSSR count). The van der Waals surface area contributed by atoms with Crippen molar-refractivity contribution in [1.82, 2.24) is 14.9 Å². The van der Waals surface area contributed by atoms with Crippen molar-refractivity contribution in [3.63, 3.8) is 0 Å². The summed E-state index contributed by atoms with van der Waals surface area (Å²) < 4.78 is 0. The van der Waals surface area contributed by atoms with E-state index in [0.29, 0.717) is 32.1 Å². The number of hydrogen-bond donors (Lipinski definition) is 3. The van der Waals surface area contributed by atoms with Gasteiger partial charge in [-0.05, 0) is 16.5 Å². The zero-order valence-electron chi connectivity index (χ0n) is 17.7. The Morgan fingerprint density at radius 3 is 2.10 bits per heavy atom. The van der Waals surface area contributed by atoms with E-state index in [1.165, 1.54) is 18.0 Å². The molecular weight excluding hydrogens is 384 g/mol. The summed E-state index contributed by atoms with van der Waals surface area (Å²) in [5, 5.41) is 29.1. The molecule has 1 aliphatic heterocycles. The van der Waals surface area contributed by atoms with E-state index in [4.69, 9.17) is 5.11 Å². The fourth-order valence-electron chi connectivity index (χ4n) is 3.75. The van der Waals surface area contributed by atoms with E-state index in [0.717, 1.165) is 5.56 Å². The van der Waals surface area contributed by atoms with Crippen molar-refractivity contribution in [2.75, 3.05) is 37.7 Å². The molecule has 1 aromatic heterocycles. The van der Waals surface area contributed by atoms with Crippen LogP contribution in [0.3, 0.4) is 0 Å². The number of hydrogen-bond acceptors (Lipinski definition) is 7. The standard InChI is InChI=1S/C22H30N4O4/c1-22(2,3)17-6-4-15(5-7-17)19(18(28)14-27)25-8-10-26(11-9-25)21-23-12-16(13-24-21)20(29)30/h4-7,12-13,18-19,27-28H,8-11,14H2,1-3H3,(H,29,30)/t18-,19-/m1/s1. The quantitative estimate of drug-likeness (QED) is 0.655. The van der Waals surface area contributed by atoms with Crippen LogP contribution in [0, 0.1) is 0 Å². The van der Waals surface area contributed by atoms with Gasteiger partial charge in [0.15, 0.2) is 0 Å². The van der Waals surface area contributed by atoms with Crippen LogP contribution >= 0.6 is 0 Å². The second-order valence-corrected chi connectivity index (χ2v) is 8.67. The molecule has 0 amide bonds. The van der Waals surface area contributed by atoms with Crippen LogP contribution in [-0.4, -0.2) is 75.0 Å². The molecule has 8 nitrogen and oxygen atoms in total. The maximum atomic E-state index is 11.0. The minimum atomic E-state index is -1.05. The number of aromatic nitrogens is 2. The van der Waals surface area contributed by atoms with Gasteiger partial charge in [0.1, 0.15) is 0 Å². The van der Waals surface area contributed by atoms with Crippen molar-refractivity contribution < 1.29 is 20.1 Å². The lowest BCUT2D eigenvalue weighted by Gasteiger charge is -2.41. The van der Waals surface area contributed by atoms with Crippen molar-refractivity contribution >= 4 is 11.9 Å². The highest BCUT2D eigenvalue weighted by atomic mass is 16.4. The topological polar surface area (TPSA) is 110 Å². The zero-order chi connectivity index (χ0) is 21.9. The maximum absolute atomic E-state index is 11.0. The second-order valence-electron chi connectivity index (χ2n) is 8.67. The third-order valence-corrected chi connectivity index (χ3v) is 5.55. The number of rotatable bonds is 6. The van der Waals surface area contributed by atoms with Crippen molar-refractivity contribution in [3.05, 3.63) is 53.3 Å². The van der Waals surface area contributed by atoms with Crippen LogP contribution in [0.4, 0.5) is 5.95 Å². The minimum absolute atomic E-state index is 0.0471. The highest BCUT2D eigenvalue weighted by Gasteiger charge is 2.31. The van der Waals surface area contributed by atoms with Gasteiger partial charge < -0.3 is 20.2 Å². The van der Waals surface area contributed by atoms with Crippen molar-refractivity contribution in [2.24, 2.45) is 0 Å². The maximum Gasteiger partial charge on any atom is 0.338 e. The number of aliphatic hydroxyl groups is 2. The highest BCUT2D eigenvalue weighted by Crippen LogP contribution is 2.29. The molecule has 2 heterocycles. The van der Waals surface area contributed by atoms with Gasteiger partial charge >= 0.3 is 5.97 Å². The van der Waals surface area contributed by atoms with Gasteiger partial charge in [0.05, 0.1) is 24.3 Å². The minimum Gasteiger partial charge on any atom is -0.478 e. The van der Waals surface area contributed by atoms with Gasteiger partial charge in [0.2, 0.25) is 5.95 Å². The lowest BCUT2D eigenvalue weighted by Crippen LogP contribution is -2.51. The third kappa shape index (κ3) is 4.95. The van der Waals surface area contributed by atoms with Gasteiger partial charge in [-0.3, -0.25) is 4.90 Å². The Kier molecular flexibility index (Phi) is 6.70. The Morgan fingerprint density at radius 1 is 1.07 bits per heavy atom. The number of aliphatic hydroxyl groups excluding tert-OH is 2. The molecule has 0 unspecified atom stereocenters. The lowest BCUT2D eigenvalue weighted by molar-refractivity contribution is 0.00726. The predicted octanol–water partition coefficient (Wildman–Crippen LogP) is 1.69. The first kappa shape index (κ1) is 22.1. The molecule has 1 aliphatic rings. The summed E-state index contributed by atoms with van der Waals surface area (Å²) in [6.07, 6.45) is 1.74. The van der Waals surface area contributed by atoms with E-state index in [-0.39, 0.29) is 23.6 Å². The van der Waals surface area contributed by atoms with Crippen LogP contribution in [0.5, 0.6) is 0 Å². The monoisotopic (exact) mass is 414 g/mol. The van der Waals surface area contributed by atoms with Gasteiger partial charge in [-0.1, -0.05) is 45.0 Å². The van der Waals surface area contributed by atoms with Crippen LogP contribution in [0.2, 0.25) is 0 Å². The highest BCUT2D eigenvalue weighted by molar-refractivity contribution is 5.86. The Hall–Kier alpha value is -2.55. The van der Waals surface area contributed by atoms with E-state index in [1.807, 2.05) is 17.0 Å². The van der Waals surface area contributed by atoms with E-state index < -0.39 is 12.1 Å². The molecule has 2 aromatic rings.